The molecule has 0 fully saturated rings. The van der Waals surface area contributed by atoms with Crippen molar-refractivity contribution in [1.82, 2.24) is 19.9 Å². The molecule has 0 atom stereocenters. The number of non-ortho nitro benzene ring substituents is 1. The number of fused-ring (bicyclic) bond motifs is 1. The van der Waals surface area contributed by atoms with Gasteiger partial charge in [-0.1, -0.05) is 0 Å². The van der Waals surface area contributed by atoms with E-state index in [1.807, 2.05) is 6.92 Å². The van der Waals surface area contributed by atoms with Crippen molar-refractivity contribution < 1.29 is 18.1 Å². The molecule has 4 rings (SSSR count). The Kier molecular flexibility index (Phi) is 4.88. The summed E-state index contributed by atoms with van der Waals surface area (Å²) in [6.07, 6.45) is 4.35. The van der Waals surface area contributed by atoms with Gasteiger partial charge < -0.3 is 9.72 Å². The number of hydrogen-bond acceptors (Lipinski definition) is 8. The average Bonchev–Trinajstić information content (AvgIpc) is 3.19. The molecular weight excluding hydrogens is 410 g/mol. The Labute approximate surface area is 170 Å². The minimum atomic E-state index is -4.06. The molecule has 152 valence electrons. The zero-order valence-electron chi connectivity index (χ0n) is 15.6. The summed E-state index contributed by atoms with van der Waals surface area (Å²) < 4.78 is 31.8. The summed E-state index contributed by atoms with van der Waals surface area (Å²) in [5.41, 5.74) is 1.35. The number of aromatic amines is 1. The summed E-state index contributed by atoms with van der Waals surface area (Å²) in [5.74, 6) is 0.455. The molecule has 0 aliphatic heterocycles. The van der Waals surface area contributed by atoms with E-state index in [1.54, 1.807) is 24.5 Å². The maximum Gasteiger partial charge on any atom is 0.269 e. The fraction of sp³-hybridized carbons (Fsp3) is 0.105. The van der Waals surface area contributed by atoms with Crippen LogP contribution in [-0.2, 0) is 9.84 Å². The molecule has 0 radical (unpaired) electrons. The number of H-pyrrole nitrogens is 1. The van der Waals surface area contributed by atoms with E-state index in [2.05, 4.69) is 19.9 Å². The number of nitro groups is 1. The van der Waals surface area contributed by atoms with Gasteiger partial charge in [0.1, 0.15) is 12.0 Å². The van der Waals surface area contributed by atoms with E-state index in [1.165, 1.54) is 12.1 Å². The molecule has 0 spiro atoms. The van der Waals surface area contributed by atoms with Gasteiger partial charge in [-0.2, -0.15) is 0 Å². The molecule has 0 aliphatic carbocycles. The molecule has 3 aromatic heterocycles. The smallest absolute Gasteiger partial charge is 0.269 e. The molecule has 11 heteroatoms. The fourth-order valence-electron chi connectivity index (χ4n) is 3.00. The van der Waals surface area contributed by atoms with Crippen molar-refractivity contribution in [3.63, 3.8) is 0 Å². The topological polar surface area (TPSA) is 141 Å². The predicted molar refractivity (Wildman–Crippen MR) is 107 cm³/mol. The standard InChI is InChI=1S/C19H15N5O5S/c1-2-29-16-8-3-12(9-20-16)15-10-21-18-17(15)19(23-11-22-18)30(27,28)14-6-4-13(5-7-14)24(25)26/h3-11H,2H2,1H3,(H,21,22,23). The van der Waals surface area contributed by atoms with Gasteiger partial charge in [0.2, 0.25) is 15.7 Å². The molecule has 30 heavy (non-hydrogen) atoms. The van der Waals surface area contributed by atoms with Crippen LogP contribution < -0.4 is 4.74 Å². The highest BCUT2D eigenvalue weighted by Gasteiger charge is 2.26. The van der Waals surface area contributed by atoms with Crippen molar-refractivity contribution in [3.8, 4) is 17.0 Å². The third kappa shape index (κ3) is 3.35. The van der Waals surface area contributed by atoms with Crippen LogP contribution in [0.1, 0.15) is 6.92 Å². The molecule has 0 aliphatic rings. The van der Waals surface area contributed by atoms with Crippen LogP contribution >= 0.6 is 0 Å². The maximum atomic E-state index is 13.2. The zero-order chi connectivity index (χ0) is 21.3. The van der Waals surface area contributed by atoms with Crippen molar-refractivity contribution in [3.05, 3.63) is 65.2 Å². The average molecular weight is 425 g/mol. The Morgan fingerprint density at radius 1 is 1.10 bits per heavy atom. The van der Waals surface area contributed by atoms with E-state index in [0.29, 0.717) is 34.6 Å². The Hall–Kier alpha value is -3.86. The lowest BCUT2D eigenvalue weighted by atomic mass is 10.1. The van der Waals surface area contributed by atoms with Gasteiger partial charge in [-0.05, 0) is 25.1 Å². The molecule has 0 saturated heterocycles. The number of hydrogen-bond donors (Lipinski definition) is 1. The van der Waals surface area contributed by atoms with Crippen LogP contribution in [0.4, 0.5) is 5.69 Å². The van der Waals surface area contributed by atoms with Gasteiger partial charge in [0.05, 0.1) is 21.8 Å². The molecule has 0 saturated carbocycles. The third-order valence-electron chi connectivity index (χ3n) is 4.39. The van der Waals surface area contributed by atoms with Crippen LogP contribution in [0.25, 0.3) is 22.2 Å². The van der Waals surface area contributed by atoms with Gasteiger partial charge in [0.15, 0.2) is 5.03 Å². The SMILES string of the molecule is CCOc1ccc(-c2c[nH]c3ncnc(S(=O)(=O)c4ccc([N+](=O)[O-])cc4)c23)cn1. The van der Waals surface area contributed by atoms with Crippen LogP contribution in [-0.4, -0.2) is 39.9 Å². The third-order valence-corrected chi connectivity index (χ3v) is 6.10. The van der Waals surface area contributed by atoms with Gasteiger partial charge >= 0.3 is 0 Å². The second-order valence-electron chi connectivity index (χ2n) is 6.18. The second-order valence-corrected chi connectivity index (χ2v) is 8.04. The highest BCUT2D eigenvalue weighted by molar-refractivity contribution is 7.91. The molecule has 0 bridgehead atoms. The first-order valence-corrected chi connectivity index (χ1v) is 10.3. The molecule has 0 unspecified atom stereocenters. The van der Waals surface area contributed by atoms with Crippen molar-refractivity contribution in [2.45, 2.75) is 16.8 Å². The lowest BCUT2D eigenvalue weighted by Crippen LogP contribution is -2.06. The van der Waals surface area contributed by atoms with Crippen LogP contribution in [0, 0.1) is 10.1 Å². The predicted octanol–water partition coefficient (Wildman–Crippen LogP) is 3.16. The van der Waals surface area contributed by atoms with E-state index in [9.17, 15) is 18.5 Å². The minimum absolute atomic E-state index is 0.106. The number of ether oxygens (including phenoxy) is 1. The zero-order valence-corrected chi connectivity index (χ0v) is 16.5. The molecule has 4 aromatic rings. The summed E-state index contributed by atoms with van der Waals surface area (Å²) in [4.78, 5) is 25.5. The molecule has 10 nitrogen and oxygen atoms in total. The van der Waals surface area contributed by atoms with Crippen molar-refractivity contribution >= 4 is 26.6 Å². The largest absolute Gasteiger partial charge is 0.478 e. The van der Waals surface area contributed by atoms with Crippen LogP contribution in [0.15, 0.2) is 65.0 Å². The van der Waals surface area contributed by atoms with E-state index in [-0.39, 0.29) is 15.6 Å². The van der Waals surface area contributed by atoms with Crippen molar-refractivity contribution in [1.29, 1.82) is 0 Å². The first kappa shape index (κ1) is 19.5. The minimum Gasteiger partial charge on any atom is -0.478 e. The number of nitrogens with one attached hydrogen (secondary N) is 1. The van der Waals surface area contributed by atoms with E-state index in [4.69, 9.17) is 4.74 Å². The van der Waals surface area contributed by atoms with Crippen LogP contribution in [0.3, 0.4) is 0 Å². The fourth-order valence-corrected chi connectivity index (χ4v) is 4.38. The summed E-state index contributed by atoms with van der Waals surface area (Å²) in [5, 5.41) is 11.0. The lowest BCUT2D eigenvalue weighted by molar-refractivity contribution is -0.384. The Morgan fingerprint density at radius 3 is 2.50 bits per heavy atom. The van der Waals surface area contributed by atoms with Gasteiger partial charge in [0, 0.05) is 41.7 Å². The first-order valence-electron chi connectivity index (χ1n) is 8.82. The number of nitrogens with zero attached hydrogens (tertiary/aromatic N) is 4. The van der Waals surface area contributed by atoms with Gasteiger partial charge in [-0.15, -0.1) is 0 Å². The molecule has 1 N–H and O–H groups in total. The van der Waals surface area contributed by atoms with E-state index in [0.717, 1.165) is 18.5 Å². The van der Waals surface area contributed by atoms with Gasteiger partial charge in [-0.3, -0.25) is 10.1 Å². The van der Waals surface area contributed by atoms with Crippen LogP contribution in [0.5, 0.6) is 5.88 Å². The number of rotatable bonds is 6. The van der Waals surface area contributed by atoms with E-state index >= 15 is 0 Å². The maximum absolute atomic E-state index is 13.2. The number of aromatic nitrogens is 4. The molecule has 3 heterocycles. The summed E-state index contributed by atoms with van der Waals surface area (Å²) in [6, 6.07) is 8.10. The highest BCUT2D eigenvalue weighted by atomic mass is 32.2. The Bertz CT molecular complexity index is 1330. The van der Waals surface area contributed by atoms with E-state index < -0.39 is 14.8 Å². The summed E-state index contributed by atoms with van der Waals surface area (Å²) in [7, 11) is -4.06. The monoisotopic (exact) mass is 425 g/mol. The quantitative estimate of drug-likeness (QED) is 0.282. The molecular formula is C19H15N5O5S. The second kappa shape index (κ2) is 7.52. The van der Waals surface area contributed by atoms with Crippen LogP contribution in [0.2, 0.25) is 0 Å². The number of sulfone groups is 1. The van der Waals surface area contributed by atoms with Crippen molar-refractivity contribution in [2.24, 2.45) is 0 Å². The lowest BCUT2D eigenvalue weighted by Gasteiger charge is -2.07. The number of nitro benzene ring substituents is 1. The Morgan fingerprint density at radius 2 is 1.87 bits per heavy atom. The summed E-state index contributed by atoms with van der Waals surface area (Å²) in [6.45, 7) is 2.33. The van der Waals surface area contributed by atoms with Gasteiger partial charge in [-0.25, -0.2) is 23.4 Å². The molecule has 1 aromatic carbocycles. The van der Waals surface area contributed by atoms with Crippen molar-refractivity contribution in [2.75, 3.05) is 6.61 Å². The summed E-state index contributed by atoms with van der Waals surface area (Å²) >= 11 is 0. The number of benzene rings is 1. The normalized spacial score (nSPS) is 11.5. The molecule has 0 amide bonds. The Balaban J connectivity index is 1.85. The first-order chi connectivity index (χ1) is 14.4. The highest BCUT2D eigenvalue weighted by Crippen LogP contribution is 2.34. The number of pyridine rings is 1. The van der Waals surface area contributed by atoms with Gasteiger partial charge in [0.25, 0.3) is 5.69 Å².